The third-order valence-electron chi connectivity index (χ3n) is 2.73. The minimum atomic E-state index is -0.268. The molecule has 0 saturated carbocycles. The second-order valence-corrected chi connectivity index (χ2v) is 6.14. The first-order valence-electron chi connectivity index (χ1n) is 6.16. The van der Waals surface area contributed by atoms with Crippen LogP contribution in [-0.4, -0.2) is 9.97 Å². The molecule has 21 heavy (non-hydrogen) atoms. The van der Waals surface area contributed by atoms with E-state index in [1.807, 2.05) is 12.1 Å². The normalized spacial score (nSPS) is 10.8. The standard InChI is InChI=1S/C15H10BrFN2OS/c16-11-3-6-15(19-7-11)21-9-14-18-8-13(20-14)10-1-4-12(17)5-2-10/h1-8H,9H2. The van der Waals surface area contributed by atoms with E-state index in [1.54, 1.807) is 36.3 Å². The second kappa shape index (κ2) is 6.41. The molecule has 3 rings (SSSR count). The van der Waals surface area contributed by atoms with Gasteiger partial charge in [-0.2, -0.15) is 0 Å². The average Bonchev–Trinajstić information content (AvgIpc) is 2.96. The van der Waals surface area contributed by atoms with Crippen LogP contribution in [0.4, 0.5) is 4.39 Å². The van der Waals surface area contributed by atoms with Crippen molar-refractivity contribution in [3.63, 3.8) is 0 Å². The molecule has 0 saturated heterocycles. The van der Waals surface area contributed by atoms with Gasteiger partial charge in [0.2, 0.25) is 5.89 Å². The van der Waals surface area contributed by atoms with E-state index in [0.29, 0.717) is 17.4 Å². The molecule has 2 aromatic heterocycles. The van der Waals surface area contributed by atoms with Crippen molar-refractivity contribution >= 4 is 27.7 Å². The zero-order chi connectivity index (χ0) is 14.7. The van der Waals surface area contributed by atoms with Gasteiger partial charge in [-0.1, -0.05) is 11.8 Å². The number of hydrogen-bond donors (Lipinski definition) is 0. The second-order valence-electron chi connectivity index (χ2n) is 4.23. The van der Waals surface area contributed by atoms with Gasteiger partial charge in [-0.05, 0) is 52.3 Å². The fraction of sp³-hybridized carbons (Fsp3) is 0.0667. The summed E-state index contributed by atoms with van der Waals surface area (Å²) < 4.78 is 19.5. The van der Waals surface area contributed by atoms with Gasteiger partial charge < -0.3 is 4.42 Å². The number of oxazole rings is 1. The Morgan fingerprint density at radius 1 is 1.05 bits per heavy atom. The highest BCUT2D eigenvalue weighted by atomic mass is 79.9. The molecule has 0 aliphatic carbocycles. The van der Waals surface area contributed by atoms with Crippen LogP contribution in [0, 0.1) is 5.82 Å². The summed E-state index contributed by atoms with van der Waals surface area (Å²) in [5.41, 5.74) is 0.807. The lowest BCUT2D eigenvalue weighted by atomic mass is 10.2. The summed E-state index contributed by atoms with van der Waals surface area (Å²) in [6.07, 6.45) is 3.40. The topological polar surface area (TPSA) is 38.9 Å². The number of hydrogen-bond acceptors (Lipinski definition) is 4. The van der Waals surface area contributed by atoms with Crippen LogP contribution in [0.5, 0.6) is 0 Å². The molecule has 0 N–H and O–H groups in total. The molecule has 3 nitrogen and oxygen atoms in total. The summed E-state index contributed by atoms with van der Waals surface area (Å²) in [7, 11) is 0. The molecule has 0 radical (unpaired) electrons. The van der Waals surface area contributed by atoms with Gasteiger partial charge >= 0.3 is 0 Å². The number of rotatable bonds is 4. The van der Waals surface area contributed by atoms with E-state index in [9.17, 15) is 4.39 Å². The fourth-order valence-corrected chi connectivity index (χ4v) is 2.64. The maximum absolute atomic E-state index is 12.9. The lowest BCUT2D eigenvalue weighted by Crippen LogP contribution is -1.82. The van der Waals surface area contributed by atoms with Crippen molar-refractivity contribution in [1.29, 1.82) is 0 Å². The lowest BCUT2D eigenvalue weighted by molar-refractivity contribution is 0.529. The highest BCUT2D eigenvalue weighted by Gasteiger charge is 2.07. The van der Waals surface area contributed by atoms with Crippen molar-refractivity contribution in [2.24, 2.45) is 0 Å². The van der Waals surface area contributed by atoms with Gasteiger partial charge in [0.25, 0.3) is 0 Å². The van der Waals surface area contributed by atoms with Crippen LogP contribution in [0.2, 0.25) is 0 Å². The van der Waals surface area contributed by atoms with Gasteiger partial charge in [0.15, 0.2) is 5.76 Å². The highest BCUT2D eigenvalue weighted by molar-refractivity contribution is 9.10. The summed E-state index contributed by atoms with van der Waals surface area (Å²) in [5, 5.41) is 0.903. The largest absolute Gasteiger partial charge is 0.440 e. The molecule has 2 heterocycles. The smallest absolute Gasteiger partial charge is 0.205 e. The maximum atomic E-state index is 12.9. The highest BCUT2D eigenvalue weighted by Crippen LogP contribution is 2.25. The Morgan fingerprint density at radius 2 is 1.86 bits per heavy atom. The minimum absolute atomic E-state index is 0.268. The molecule has 0 bridgehead atoms. The van der Waals surface area contributed by atoms with Crippen LogP contribution in [0.15, 0.2) is 62.7 Å². The van der Waals surface area contributed by atoms with E-state index >= 15 is 0 Å². The molecule has 6 heteroatoms. The summed E-state index contributed by atoms with van der Waals surface area (Å²) in [4.78, 5) is 8.50. The van der Waals surface area contributed by atoms with Crippen molar-refractivity contribution < 1.29 is 8.81 Å². The number of pyridine rings is 1. The predicted molar refractivity (Wildman–Crippen MR) is 83.4 cm³/mol. The molecular weight excluding hydrogens is 355 g/mol. The number of nitrogens with zero attached hydrogens (tertiary/aromatic N) is 2. The molecule has 0 spiro atoms. The number of thioether (sulfide) groups is 1. The molecule has 0 unspecified atom stereocenters. The summed E-state index contributed by atoms with van der Waals surface area (Å²) in [5.74, 6) is 1.57. The van der Waals surface area contributed by atoms with Crippen molar-refractivity contribution in [1.82, 2.24) is 9.97 Å². The van der Waals surface area contributed by atoms with Gasteiger partial charge in [-0.25, -0.2) is 14.4 Å². The molecule has 0 aliphatic rings. The van der Waals surface area contributed by atoms with Crippen LogP contribution in [-0.2, 0) is 5.75 Å². The molecule has 0 amide bonds. The Labute approximate surface area is 133 Å². The van der Waals surface area contributed by atoms with E-state index in [2.05, 4.69) is 25.9 Å². The molecule has 3 aromatic rings. The Kier molecular flexibility index (Phi) is 4.36. The lowest BCUT2D eigenvalue weighted by Gasteiger charge is -1.98. The molecular formula is C15H10BrFN2OS. The zero-order valence-corrected chi connectivity index (χ0v) is 13.2. The van der Waals surface area contributed by atoms with E-state index in [4.69, 9.17) is 4.42 Å². The Morgan fingerprint density at radius 3 is 2.57 bits per heavy atom. The van der Waals surface area contributed by atoms with Crippen LogP contribution < -0.4 is 0 Å². The van der Waals surface area contributed by atoms with E-state index in [1.165, 1.54) is 12.1 Å². The Bertz CT molecular complexity index is 728. The maximum Gasteiger partial charge on any atom is 0.205 e. The van der Waals surface area contributed by atoms with Gasteiger partial charge in [0, 0.05) is 16.2 Å². The van der Waals surface area contributed by atoms with Crippen LogP contribution in [0.3, 0.4) is 0 Å². The van der Waals surface area contributed by atoms with E-state index in [0.717, 1.165) is 15.1 Å². The molecule has 0 fully saturated rings. The predicted octanol–water partition coefficient (Wildman–Crippen LogP) is 4.93. The quantitative estimate of drug-likeness (QED) is 0.615. The minimum Gasteiger partial charge on any atom is -0.440 e. The molecule has 0 aliphatic heterocycles. The SMILES string of the molecule is Fc1ccc(-c2cnc(CSc3ccc(Br)cn3)o2)cc1. The first-order chi connectivity index (χ1) is 10.2. The number of aromatic nitrogens is 2. The van der Waals surface area contributed by atoms with Gasteiger partial charge in [0.1, 0.15) is 5.82 Å². The number of halogens is 2. The third kappa shape index (κ3) is 3.71. The van der Waals surface area contributed by atoms with Gasteiger partial charge in [-0.3, -0.25) is 0 Å². The first-order valence-corrected chi connectivity index (χ1v) is 7.93. The van der Waals surface area contributed by atoms with Gasteiger partial charge in [0.05, 0.1) is 17.0 Å². The third-order valence-corrected chi connectivity index (χ3v) is 4.12. The summed E-state index contributed by atoms with van der Waals surface area (Å²) in [6.45, 7) is 0. The van der Waals surface area contributed by atoms with Gasteiger partial charge in [-0.15, -0.1) is 0 Å². The van der Waals surface area contributed by atoms with Crippen LogP contribution in [0.1, 0.15) is 5.89 Å². The van der Waals surface area contributed by atoms with Crippen molar-refractivity contribution in [2.75, 3.05) is 0 Å². The van der Waals surface area contributed by atoms with Crippen molar-refractivity contribution in [3.05, 3.63) is 65.0 Å². The van der Waals surface area contributed by atoms with Crippen molar-refractivity contribution in [3.8, 4) is 11.3 Å². The number of benzene rings is 1. The molecule has 0 atom stereocenters. The zero-order valence-electron chi connectivity index (χ0n) is 10.8. The first kappa shape index (κ1) is 14.3. The van der Waals surface area contributed by atoms with E-state index in [-0.39, 0.29) is 5.82 Å². The van der Waals surface area contributed by atoms with Crippen LogP contribution >= 0.6 is 27.7 Å². The monoisotopic (exact) mass is 364 g/mol. The van der Waals surface area contributed by atoms with Crippen molar-refractivity contribution in [2.45, 2.75) is 10.8 Å². The Balaban J connectivity index is 1.67. The fourth-order valence-electron chi connectivity index (χ4n) is 1.71. The summed E-state index contributed by atoms with van der Waals surface area (Å²) >= 11 is 4.89. The van der Waals surface area contributed by atoms with Crippen LogP contribution in [0.25, 0.3) is 11.3 Å². The van der Waals surface area contributed by atoms with E-state index < -0.39 is 0 Å². The molecule has 106 valence electrons. The summed E-state index contributed by atoms with van der Waals surface area (Å²) in [6, 6.07) is 10.0. The average molecular weight is 365 g/mol. The molecule has 1 aromatic carbocycles. The Hall–Kier alpha value is -1.66.